The number of benzene rings is 1. The van der Waals surface area contributed by atoms with Crippen molar-refractivity contribution in [2.45, 2.75) is 13.0 Å². The van der Waals surface area contributed by atoms with Crippen molar-refractivity contribution in [3.8, 4) is 0 Å². The van der Waals surface area contributed by atoms with Crippen LogP contribution in [0.1, 0.15) is 11.1 Å². The number of nitrogens with two attached hydrogens (primary N) is 2. The molecule has 1 heterocycles. The van der Waals surface area contributed by atoms with Gasteiger partial charge in [-0.2, -0.15) is 5.10 Å². The molecule has 0 spiro atoms. The largest absolute Gasteiger partial charge is 0.399 e. The normalized spacial score (nSPS) is 11.0. The van der Waals surface area contributed by atoms with Gasteiger partial charge >= 0.3 is 0 Å². The molecule has 0 radical (unpaired) electrons. The van der Waals surface area contributed by atoms with Crippen molar-refractivity contribution < 1.29 is 4.79 Å². The van der Waals surface area contributed by atoms with Crippen LogP contribution in [0.25, 0.3) is 0 Å². The maximum atomic E-state index is 11.2. The van der Waals surface area contributed by atoms with Gasteiger partial charge in [0.25, 0.3) is 0 Å². The molecule has 0 aliphatic heterocycles. The summed E-state index contributed by atoms with van der Waals surface area (Å²) in [5.41, 5.74) is 14.0. The predicted octanol–water partition coefficient (Wildman–Crippen LogP) is 0.532. The van der Waals surface area contributed by atoms with Gasteiger partial charge in [-0.25, -0.2) is 0 Å². The molecular weight excluding hydrogens is 266 g/mol. The van der Waals surface area contributed by atoms with Crippen molar-refractivity contribution in [2.24, 2.45) is 12.8 Å². The molecule has 2 rings (SSSR count). The molecule has 6 heteroatoms. The number of amides is 1. The molecule has 4 N–H and O–H groups in total. The van der Waals surface area contributed by atoms with Crippen LogP contribution in [-0.2, 0) is 24.8 Å². The van der Waals surface area contributed by atoms with E-state index in [4.69, 9.17) is 11.5 Å². The summed E-state index contributed by atoms with van der Waals surface area (Å²) in [6, 6.07) is 7.65. The first-order valence-electron chi connectivity index (χ1n) is 6.85. The number of hydrogen-bond donors (Lipinski definition) is 2. The lowest BCUT2D eigenvalue weighted by Gasteiger charge is -2.20. The molecule has 0 aliphatic carbocycles. The average Bonchev–Trinajstić information content (AvgIpc) is 2.84. The molecule has 1 aromatic heterocycles. The molecule has 0 bridgehead atoms. The molecule has 2 aromatic rings. The summed E-state index contributed by atoms with van der Waals surface area (Å²) >= 11 is 0. The molecule has 1 amide bonds. The van der Waals surface area contributed by atoms with Crippen molar-refractivity contribution >= 4 is 11.6 Å². The molecule has 0 saturated heterocycles. The van der Waals surface area contributed by atoms with E-state index in [1.807, 2.05) is 48.6 Å². The quantitative estimate of drug-likeness (QED) is 0.727. The highest BCUT2D eigenvalue weighted by Gasteiger charge is 2.10. The van der Waals surface area contributed by atoms with E-state index in [1.165, 1.54) is 0 Å². The fourth-order valence-corrected chi connectivity index (χ4v) is 2.20. The Hall–Kier alpha value is -2.34. The summed E-state index contributed by atoms with van der Waals surface area (Å²) in [4.78, 5) is 13.2. The van der Waals surface area contributed by atoms with Gasteiger partial charge in [-0.3, -0.25) is 14.4 Å². The summed E-state index contributed by atoms with van der Waals surface area (Å²) in [6.07, 6.45) is 4.65. The zero-order chi connectivity index (χ0) is 15.2. The van der Waals surface area contributed by atoms with Crippen molar-refractivity contribution in [3.05, 3.63) is 47.8 Å². The second-order valence-corrected chi connectivity index (χ2v) is 5.19. The number of aromatic nitrogens is 2. The average molecular weight is 287 g/mol. The standard InChI is InChI=1S/C15H21N5O/c1-19-9-13(8-18-19)6-7-20(11-15(17)21)10-12-2-4-14(16)5-3-12/h2-5,8-9H,6-7,10-11,16H2,1H3,(H2,17,21). The lowest BCUT2D eigenvalue weighted by molar-refractivity contribution is -0.119. The van der Waals surface area contributed by atoms with Gasteiger partial charge in [0.15, 0.2) is 0 Å². The minimum absolute atomic E-state index is 0.241. The molecule has 0 unspecified atom stereocenters. The van der Waals surface area contributed by atoms with E-state index in [0.717, 1.165) is 29.8 Å². The third-order valence-corrected chi connectivity index (χ3v) is 3.24. The Morgan fingerprint density at radius 3 is 2.57 bits per heavy atom. The molecular formula is C15H21N5O. The van der Waals surface area contributed by atoms with Gasteiger partial charge in [0.1, 0.15) is 0 Å². The lowest BCUT2D eigenvalue weighted by atomic mass is 10.1. The highest BCUT2D eigenvalue weighted by Crippen LogP contribution is 2.09. The zero-order valence-corrected chi connectivity index (χ0v) is 12.2. The SMILES string of the molecule is Cn1cc(CCN(CC(N)=O)Cc2ccc(N)cc2)cn1. The first-order valence-corrected chi connectivity index (χ1v) is 6.85. The van der Waals surface area contributed by atoms with Gasteiger partial charge in [-0.05, 0) is 29.7 Å². The Kier molecular flexibility index (Phi) is 4.94. The summed E-state index contributed by atoms with van der Waals surface area (Å²) in [6.45, 7) is 1.66. The van der Waals surface area contributed by atoms with Crippen LogP contribution >= 0.6 is 0 Å². The number of nitrogens with zero attached hydrogens (tertiary/aromatic N) is 3. The predicted molar refractivity (Wildman–Crippen MR) is 82.2 cm³/mol. The Morgan fingerprint density at radius 2 is 2.00 bits per heavy atom. The van der Waals surface area contributed by atoms with E-state index < -0.39 is 0 Å². The fourth-order valence-electron chi connectivity index (χ4n) is 2.20. The number of carbonyl (C=O) groups is 1. The number of rotatable bonds is 7. The van der Waals surface area contributed by atoms with Crippen LogP contribution in [0.5, 0.6) is 0 Å². The van der Waals surface area contributed by atoms with Crippen LogP contribution in [0.3, 0.4) is 0 Å². The van der Waals surface area contributed by atoms with E-state index >= 15 is 0 Å². The van der Waals surface area contributed by atoms with Gasteiger partial charge < -0.3 is 11.5 Å². The molecule has 0 atom stereocenters. The minimum Gasteiger partial charge on any atom is -0.399 e. The molecule has 0 aliphatic rings. The topological polar surface area (TPSA) is 90.2 Å². The Labute approximate surface area is 124 Å². The van der Waals surface area contributed by atoms with E-state index in [-0.39, 0.29) is 12.5 Å². The summed E-state index contributed by atoms with van der Waals surface area (Å²) in [7, 11) is 1.89. The molecule has 1 aromatic carbocycles. The molecule has 21 heavy (non-hydrogen) atoms. The minimum atomic E-state index is -0.323. The van der Waals surface area contributed by atoms with E-state index in [9.17, 15) is 4.79 Å². The molecule has 0 saturated carbocycles. The monoisotopic (exact) mass is 287 g/mol. The zero-order valence-electron chi connectivity index (χ0n) is 12.2. The van der Waals surface area contributed by atoms with Crippen LogP contribution < -0.4 is 11.5 Å². The van der Waals surface area contributed by atoms with Gasteiger partial charge in [0, 0.05) is 32.0 Å². The van der Waals surface area contributed by atoms with E-state index in [0.29, 0.717) is 6.54 Å². The summed E-state index contributed by atoms with van der Waals surface area (Å²) in [5.74, 6) is -0.323. The van der Waals surface area contributed by atoms with Crippen molar-refractivity contribution in [1.82, 2.24) is 14.7 Å². The Balaban J connectivity index is 1.96. The van der Waals surface area contributed by atoms with Crippen LogP contribution in [0.4, 0.5) is 5.69 Å². The number of nitrogen functional groups attached to an aromatic ring is 1. The summed E-state index contributed by atoms with van der Waals surface area (Å²) in [5, 5.41) is 4.14. The third-order valence-electron chi connectivity index (χ3n) is 3.24. The molecule has 6 nitrogen and oxygen atoms in total. The van der Waals surface area contributed by atoms with Gasteiger partial charge in [-0.1, -0.05) is 12.1 Å². The maximum absolute atomic E-state index is 11.2. The lowest BCUT2D eigenvalue weighted by Crippen LogP contribution is -2.34. The first kappa shape index (κ1) is 15.1. The third kappa shape index (κ3) is 4.92. The van der Waals surface area contributed by atoms with Gasteiger partial charge in [0.2, 0.25) is 5.91 Å². The maximum Gasteiger partial charge on any atom is 0.231 e. The number of anilines is 1. The van der Waals surface area contributed by atoms with E-state index in [1.54, 1.807) is 4.68 Å². The highest BCUT2D eigenvalue weighted by molar-refractivity contribution is 5.75. The number of primary amides is 1. The first-order chi connectivity index (χ1) is 10.0. The number of aryl methyl sites for hydroxylation is 1. The van der Waals surface area contributed by atoms with Crippen LogP contribution in [0, 0.1) is 0 Å². The summed E-state index contributed by atoms with van der Waals surface area (Å²) < 4.78 is 1.77. The van der Waals surface area contributed by atoms with Crippen LogP contribution in [-0.4, -0.2) is 33.7 Å². The Bertz CT molecular complexity index is 590. The Morgan fingerprint density at radius 1 is 1.29 bits per heavy atom. The van der Waals surface area contributed by atoms with Crippen LogP contribution in [0.2, 0.25) is 0 Å². The molecule has 112 valence electrons. The van der Waals surface area contributed by atoms with Crippen molar-refractivity contribution in [3.63, 3.8) is 0 Å². The fraction of sp³-hybridized carbons (Fsp3) is 0.333. The second-order valence-electron chi connectivity index (χ2n) is 5.19. The van der Waals surface area contributed by atoms with E-state index in [2.05, 4.69) is 5.10 Å². The van der Waals surface area contributed by atoms with Crippen molar-refractivity contribution in [2.75, 3.05) is 18.8 Å². The second kappa shape index (κ2) is 6.90. The molecule has 0 fully saturated rings. The van der Waals surface area contributed by atoms with Gasteiger partial charge in [-0.15, -0.1) is 0 Å². The van der Waals surface area contributed by atoms with Crippen LogP contribution in [0.15, 0.2) is 36.7 Å². The highest BCUT2D eigenvalue weighted by atomic mass is 16.1. The van der Waals surface area contributed by atoms with Gasteiger partial charge in [0.05, 0.1) is 12.7 Å². The number of carbonyl (C=O) groups excluding carboxylic acids is 1. The van der Waals surface area contributed by atoms with Crippen molar-refractivity contribution in [1.29, 1.82) is 0 Å². The smallest absolute Gasteiger partial charge is 0.231 e. The number of hydrogen-bond acceptors (Lipinski definition) is 4.